The molecule has 1 N–H and O–H groups in total. The Kier molecular flexibility index (Phi) is 5.30. The van der Waals surface area contributed by atoms with Gasteiger partial charge < -0.3 is 15.1 Å². The lowest BCUT2D eigenvalue weighted by molar-refractivity contribution is -0.132. The van der Waals surface area contributed by atoms with E-state index in [1.807, 2.05) is 24.2 Å². The summed E-state index contributed by atoms with van der Waals surface area (Å²) in [5, 5.41) is 3.26. The van der Waals surface area contributed by atoms with Crippen molar-refractivity contribution in [1.29, 1.82) is 0 Å². The highest BCUT2D eigenvalue weighted by Gasteiger charge is 2.16. The van der Waals surface area contributed by atoms with E-state index >= 15 is 0 Å². The van der Waals surface area contributed by atoms with Crippen LogP contribution in [-0.4, -0.2) is 60.5 Å². The molecule has 19 heavy (non-hydrogen) atoms. The highest BCUT2D eigenvalue weighted by molar-refractivity contribution is 5.76. The lowest BCUT2D eigenvalue weighted by atomic mass is 10.2. The summed E-state index contributed by atoms with van der Waals surface area (Å²) >= 11 is 0. The van der Waals surface area contributed by atoms with Crippen molar-refractivity contribution in [2.24, 2.45) is 0 Å². The van der Waals surface area contributed by atoms with Crippen LogP contribution in [0.3, 0.4) is 0 Å². The van der Waals surface area contributed by atoms with Crippen molar-refractivity contribution in [2.75, 3.05) is 39.8 Å². The molecule has 0 unspecified atom stereocenters. The van der Waals surface area contributed by atoms with Crippen molar-refractivity contribution in [3.05, 3.63) is 30.1 Å². The van der Waals surface area contributed by atoms with Crippen LogP contribution in [0.2, 0.25) is 0 Å². The first-order chi connectivity index (χ1) is 9.25. The second kappa shape index (κ2) is 7.21. The molecule has 104 valence electrons. The summed E-state index contributed by atoms with van der Waals surface area (Å²) in [6.07, 6.45) is 4.24. The van der Waals surface area contributed by atoms with E-state index in [1.54, 1.807) is 6.20 Å². The minimum atomic E-state index is 0.263. The Bertz CT molecular complexity index is 390. The fraction of sp³-hybridized carbons (Fsp3) is 0.571. The molecule has 1 aromatic rings. The Balaban J connectivity index is 1.71. The zero-order valence-corrected chi connectivity index (χ0v) is 11.5. The van der Waals surface area contributed by atoms with Gasteiger partial charge in [-0.05, 0) is 18.7 Å². The topological polar surface area (TPSA) is 48.5 Å². The van der Waals surface area contributed by atoms with Crippen LogP contribution in [0.15, 0.2) is 24.5 Å². The van der Waals surface area contributed by atoms with Crippen molar-refractivity contribution in [3.63, 3.8) is 0 Å². The number of carbonyl (C=O) groups excluding carboxylic acids is 1. The predicted octanol–water partition coefficient (Wildman–Crippen LogP) is 0.335. The van der Waals surface area contributed by atoms with Gasteiger partial charge in [0.2, 0.25) is 5.91 Å². The monoisotopic (exact) mass is 262 g/mol. The summed E-state index contributed by atoms with van der Waals surface area (Å²) in [5.41, 5.74) is 1.18. The first-order valence-corrected chi connectivity index (χ1v) is 6.81. The van der Waals surface area contributed by atoms with Crippen molar-refractivity contribution < 1.29 is 4.79 Å². The lowest BCUT2D eigenvalue weighted by Gasteiger charge is -2.28. The maximum absolute atomic E-state index is 12.0. The van der Waals surface area contributed by atoms with E-state index in [4.69, 9.17) is 0 Å². The zero-order valence-electron chi connectivity index (χ0n) is 11.5. The van der Waals surface area contributed by atoms with Gasteiger partial charge in [-0.25, -0.2) is 0 Å². The quantitative estimate of drug-likeness (QED) is 0.831. The van der Waals surface area contributed by atoms with E-state index in [1.165, 1.54) is 5.56 Å². The molecule has 1 amide bonds. The molecule has 1 saturated heterocycles. The number of pyridine rings is 1. The van der Waals surface area contributed by atoms with Crippen LogP contribution in [-0.2, 0) is 11.3 Å². The number of amides is 1. The Morgan fingerprint density at radius 3 is 2.95 bits per heavy atom. The number of hydrogen-bond acceptors (Lipinski definition) is 4. The number of carbonyl (C=O) groups is 1. The van der Waals surface area contributed by atoms with E-state index in [0.717, 1.165) is 39.3 Å². The normalized spacial score (nSPS) is 15.8. The standard InChI is InChI=1S/C14H22N4O/c1-17(12-13-3-2-5-16-11-13)8-4-14(19)18-9-6-15-7-10-18/h2-3,5,11,15H,4,6-10,12H2,1H3. The molecule has 5 heteroatoms. The van der Waals surface area contributed by atoms with E-state index in [2.05, 4.69) is 21.3 Å². The molecule has 1 fully saturated rings. The molecule has 1 aliphatic rings. The second-order valence-corrected chi connectivity index (χ2v) is 4.98. The third kappa shape index (κ3) is 4.61. The SMILES string of the molecule is CN(CCC(=O)N1CCNCC1)Cc1cccnc1. The Morgan fingerprint density at radius 1 is 1.47 bits per heavy atom. The number of nitrogens with one attached hydrogen (secondary N) is 1. The van der Waals surface area contributed by atoms with Gasteiger partial charge in [-0.1, -0.05) is 6.07 Å². The van der Waals surface area contributed by atoms with Gasteiger partial charge in [-0.3, -0.25) is 9.78 Å². The second-order valence-electron chi connectivity index (χ2n) is 4.98. The molecule has 5 nitrogen and oxygen atoms in total. The number of piperazine rings is 1. The molecule has 0 aromatic carbocycles. The minimum Gasteiger partial charge on any atom is -0.340 e. The largest absolute Gasteiger partial charge is 0.340 e. The molecular formula is C14H22N4O. The maximum atomic E-state index is 12.0. The molecule has 2 heterocycles. The molecule has 0 spiro atoms. The van der Waals surface area contributed by atoms with Crippen LogP contribution in [0.5, 0.6) is 0 Å². The predicted molar refractivity (Wildman–Crippen MR) is 74.6 cm³/mol. The van der Waals surface area contributed by atoms with Gasteiger partial charge in [0.15, 0.2) is 0 Å². The lowest BCUT2D eigenvalue weighted by Crippen LogP contribution is -2.47. The van der Waals surface area contributed by atoms with E-state index < -0.39 is 0 Å². The number of hydrogen-bond donors (Lipinski definition) is 1. The first kappa shape index (κ1) is 14.0. The molecule has 1 aliphatic heterocycles. The minimum absolute atomic E-state index is 0.263. The van der Waals surface area contributed by atoms with Crippen LogP contribution in [0, 0.1) is 0 Å². The van der Waals surface area contributed by atoms with Crippen LogP contribution in [0.25, 0.3) is 0 Å². The van der Waals surface area contributed by atoms with E-state index in [0.29, 0.717) is 6.42 Å². The van der Waals surface area contributed by atoms with E-state index in [-0.39, 0.29) is 5.91 Å². The van der Waals surface area contributed by atoms with Gasteiger partial charge in [0.05, 0.1) is 0 Å². The molecule has 0 radical (unpaired) electrons. The van der Waals surface area contributed by atoms with Crippen LogP contribution in [0.1, 0.15) is 12.0 Å². The number of rotatable bonds is 5. The average molecular weight is 262 g/mol. The summed E-state index contributed by atoms with van der Waals surface area (Å²) in [6.45, 7) is 5.13. The molecular weight excluding hydrogens is 240 g/mol. The average Bonchev–Trinajstić information content (AvgIpc) is 2.47. The third-order valence-corrected chi connectivity index (χ3v) is 3.35. The Morgan fingerprint density at radius 2 is 2.26 bits per heavy atom. The van der Waals surface area contributed by atoms with Crippen LogP contribution >= 0.6 is 0 Å². The smallest absolute Gasteiger partial charge is 0.223 e. The van der Waals surface area contributed by atoms with E-state index in [9.17, 15) is 4.79 Å². The van der Waals surface area contributed by atoms with Crippen molar-refractivity contribution in [1.82, 2.24) is 20.1 Å². The summed E-state index contributed by atoms with van der Waals surface area (Å²) in [5.74, 6) is 0.263. The summed E-state index contributed by atoms with van der Waals surface area (Å²) in [7, 11) is 2.04. The highest BCUT2D eigenvalue weighted by atomic mass is 16.2. The molecule has 0 saturated carbocycles. The number of nitrogens with zero attached hydrogens (tertiary/aromatic N) is 3. The van der Waals surface area contributed by atoms with Gasteiger partial charge >= 0.3 is 0 Å². The first-order valence-electron chi connectivity index (χ1n) is 6.81. The van der Waals surface area contributed by atoms with Gasteiger partial charge in [0, 0.05) is 58.1 Å². The molecule has 0 bridgehead atoms. The highest BCUT2D eigenvalue weighted by Crippen LogP contribution is 2.03. The van der Waals surface area contributed by atoms with Crippen LogP contribution < -0.4 is 5.32 Å². The fourth-order valence-corrected chi connectivity index (χ4v) is 2.24. The van der Waals surface area contributed by atoms with Crippen LogP contribution in [0.4, 0.5) is 0 Å². The molecule has 0 atom stereocenters. The van der Waals surface area contributed by atoms with Crippen molar-refractivity contribution >= 4 is 5.91 Å². The summed E-state index contributed by atoms with van der Waals surface area (Å²) < 4.78 is 0. The summed E-state index contributed by atoms with van der Waals surface area (Å²) in [6, 6.07) is 4.00. The van der Waals surface area contributed by atoms with Crippen molar-refractivity contribution in [2.45, 2.75) is 13.0 Å². The number of aromatic nitrogens is 1. The van der Waals surface area contributed by atoms with Gasteiger partial charge in [0.25, 0.3) is 0 Å². The molecule has 1 aromatic heterocycles. The molecule has 2 rings (SSSR count). The fourth-order valence-electron chi connectivity index (χ4n) is 2.24. The molecule has 0 aliphatic carbocycles. The van der Waals surface area contributed by atoms with Crippen molar-refractivity contribution in [3.8, 4) is 0 Å². The van der Waals surface area contributed by atoms with Gasteiger partial charge in [-0.15, -0.1) is 0 Å². The summed E-state index contributed by atoms with van der Waals surface area (Å²) in [4.78, 5) is 20.2. The van der Waals surface area contributed by atoms with Gasteiger partial charge in [0.1, 0.15) is 0 Å². The maximum Gasteiger partial charge on any atom is 0.223 e. The third-order valence-electron chi connectivity index (χ3n) is 3.35. The zero-order chi connectivity index (χ0) is 13.5. The Labute approximate surface area is 114 Å². The van der Waals surface area contributed by atoms with Gasteiger partial charge in [-0.2, -0.15) is 0 Å². The Hall–Kier alpha value is -1.46.